The highest BCUT2D eigenvalue weighted by molar-refractivity contribution is 8.00. The third-order valence-electron chi connectivity index (χ3n) is 2.00. The van der Waals surface area contributed by atoms with Gasteiger partial charge in [0, 0.05) is 22.4 Å². The monoisotopic (exact) mass is 222 g/mol. The molecule has 0 saturated heterocycles. The Morgan fingerprint density at radius 2 is 2.33 bits per heavy atom. The van der Waals surface area contributed by atoms with Gasteiger partial charge in [-0.3, -0.25) is 0 Å². The number of benzene rings is 1. The van der Waals surface area contributed by atoms with E-state index in [1.807, 2.05) is 19.1 Å². The molecule has 1 atom stereocenters. The Labute approximate surface area is 93.9 Å². The van der Waals surface area contributed by atoms with E-state index >= 15 is 0 Å². The second-order valence-corrected chi connectivity index (χ2v) is 4.79. The molecule has 0 bridgehead atoms. The van der Waals surface area contributed by atoms with Crippen LogP contribution in [0, 0.1) is 11.3 Å². The van der Waals surface area contributed by atoms with Crippen LogP contribution in [0.15, 0.2) is 23.1 Å². The third kappa shape index (κ3) is 3.46. The number of hydrogen-bond donors (Lipinski definition) is 2. The molecule has 0 aliphatic rings. The summed E-state index contributed by atoms with van der Waals surface area (Å²) in [5.41, 5.74) is 7.01. The summed E-state index contributed by atoms with van der Waals surface area (Å²) >= 11 is 1.62. The molecule has 0 aliphatic heterocycles. The van der Waals surface area contributed by atoms with Gasteiger partial charge >= 0.3 is 0 Å². The second kappa shape index (κ2) is 5.64. The second-order valence-electron chi connectivity index (χ2n) is 3.31. The van der Waals surface area contributed by atoms with Crippen LogP contribution in [0.1, 0.15) is 18.9 Å². The van der Waals surface area contributed by atoms with E-state index in [1.54, 1.807) is 23.9 Å². The average molecular weight is 222 g/mol. The first-order chi connectivity index (χ1) is 7.17. The van der Waals surface area contributed by atoms with Crippen molar-refractivity contribution in [1.29, 1.82) is 5.26 Å². The van der Waals surface area contributed by atoms with Crippen LogP contribution in [-0.2, 0) is 0 Å². The summed E-state index contributed by atoms with van der Waals surface area (Å²) in [6.07, 6.45) is 0.740. The first kappa shape index (κ1) is 11.9. The Morgan fingerprint density at radius 3 is 2.87 bits per heavy atom. The van der Waals surface area contributed by atoms with Gasteiger partial charge in [-0.1, -0.05) is 6.92 Å². The largest absolute Gasteiger partial charge is 0.398 e. The predicted octanol–water partition coefficient (Wildman–Crippen LogP) is 2.00. The molecular weight excluding hydrogens is 208 g/mol. The van der Waals surface area contributed by atoms with Gasteiger partial charge in [-0.25, -0.2) is 0 Å². The maximum atomic E-state index is 8.78. The van der Waals surface area contributed by atoms with E-state index in [-0.39, 0.29) is 6.61 Å². The minimum absolute atomic E-state index is 0.185. The fraction of sp³-hybridized carbons (Fsp3) is 0.364. The summed E-state index contributed by atoms with van der Waals surface area (Å²) in [5, 5.41) is 17.8. The first-order valence-corrected chi connectivity index (χ1v) is 5.62. The summed E-state index contributed by atoms with van der Waals surface area (Å²) in [4.78, 5) is 0.968. The summed E-state index contributed by atoms with van der Waals surface area (Å²) in [5.74, 6) is 0. The maximum absolute atomic E-state index is 8.78. The van der Waals surface area contributed by atoms with E-state index in [0.717, 1.165) is 11.3 Å². The first-order valence-electron chi connectivity index (χ1n) is 4.74. The standard InChI is InChI=1S/C11H14N2OS/c1-8(4-5-14)15-11-3-2-9(7-12)6-10(11)13/h2-3,6,8,14H,4-5,13H2,1H3. The van der Waals surface area contributed by atoms with Gasteiger partial charge in [0.2, 0.25) is 0 Å². The van der Waals surface area contributed by atoms with Gasteiger partial charge in [-0.05, 0) is 24.6 Å². The van der Waals surface area contributed by atoms with Crippen LogP contribution >= 0.6 is 11.8 Å². The van der Waals surface area contributed by atoms with Crippen LogP contribution in [0.3, 0.4) is 0 Å². The van der Waals surface area contributed by atoms with Crippen molar-refractivity contribution in [3.8, 4) is 6.07 Å². The zero-order valence-corrected chi connectivity index (χ0v) is 9.42. The van der Waals surface area contributed by atoms with Gasteiger partial charge in [0.05, 0.1) is 11.6 Å². The highest BCUT2D eigenvalue weighted by Gasteiger charge is 2.07. The van der Waals surface area contributed by atoms with Gasteiger partial charge in [0.1, 0.15) is 0 Å². The normalized spacial score (nSPS) is 12.1. The number of aliphatic hydroxyl groups is 1. The van der Waals surface area contributed by atoms with Crippen LogP contribution in [0.4, 0.5) is 5.69 Å². The summed E-state index contributed by atoms with van der Waals surface area (Å²) < 4.78 is 0. The minimum Gasteiger partial charge on any atom is -0.398 e. The van der Waals surface area contributed by atoms with E-state index in [4.69, 9.17) is 16.1 Å². The number of nitrogens with zero attached hydrogens (tertiary/aromatic N) is 1. The molecule has 0 radical (unpaired) electrons. The van der Waals surface area contributed by atoms with Crippen molar-refractivity contribution in [1.82, 2.24) is 0 Å². The van der Waals surface area contributed by atoms with Gasteiger partial charge < -0.3 is 10.8 Å². The Kier molecular flexibility index (Phi) is 4.47. The van der Waals surface area contributed by atoms with Crippen molar-refractivity contribution in [3.05, 3.63) is 23.8 Å². The van der Waals surface area contributed by atoms with Crippen LogP contribution in [-0.4, -0.2) is 17.0 Å². The SMILES string of the molecule is CC(CCO)Sc1ccc(C#N)cc1N. The van der Waals surface area contributed by atoms with Crippen molar-refractivity contribution in [2.24, 2.45) is 0 Å². The molecule has 80 valence electrons. The lowest BCUT2D eigenvalue weighted by Gasteiger charge is -2.11. The molecule has 0 aliphatic carbocycles. The van der Waals surface area contributed by atoms with Gasteiger partial charge in [-0.2, -0.15) is 5.26 Å². The Bertz CT molecular complexity index is 373. The van der Waals surface area contributed by atoms with E-state index in [9.17, 15) is 0 Å². The summed E-state index contributed by atoms with van der Waals surface area (Å²) in [6.45, 7) is 2.23. The van der Waals surface area contributed by atoms with Crippen LogP contribution in [0.5, 0.6) is 0 Å². The number of thioether (sulfide) groups is 1. The highest BCUT2D eigenvalue weighted by Crippen LogP contribution is 2.30. The molecule has 3 N–H and O–H groups in total. The molecular formula is C11H14N2OS. The lowest BCUT2D eigenvalue weighted by Crippen LogP contribution is -2.00. The van der Waals surface area contributed by atoms with Crippen molar-refractivity contribution in [3.63, 3.8) is 0 Å². The van der Waals surface area contributed by atoms with Crippen molar-refractivity contribution in [2.45, 2.75) is 23.5 Å². The van der Waals surface area contributed by atoms with Crippen molar-refractivity contribution < 1.29 is 5.11 Å². The average Bonchev–Trinajstić information content (AvgIpc) is 2.21. The van der Waals surface area contributed by atoms with E-state index in [2.05, 4.69) is 0 Å². The number of aliphatic hydroxyl groups excluding tert-OH is 1. The Hall–Kier alpha value is -1.18. The number of anilines is 1. The lowest BCUT2D eigenvalue weighted by atomic mass is 10.2. The Morgan fingerprint density at radius 1 is 1.60 bits per heavy atom. The van der Waals surface area contributed by atoms with Gasteiger partial charge in [0.25, 0.3) is 0 Å². The molecule has 0 fully saturated rings. The van der Waals surface area contributed by atoms with Gasteiger partial charge in [-0.15, -0.1) is 11.8 Å². The third-order valence-corrected chi connectivity index (χ3v) is 3.27. The highest BCUT2D eigenvalue weighted by atomic mass is 32.2. The molecule has 4 heteroatoms. The number of hydrogen-bond acceptors (Lipinski definition) is 4. The van der Waals surface area contributed by atoms with E-state index < -0.39 is 0 Å². The van der Waals surface area contributed by atoms with E-state index in [1.165, 1.54) is 0 Å². The topological polar surface area (TPSA) is 70.0 Å². The smallest absolute Gasteiger partial charge is 0.0992 e. The van der Waals surface area contributed by atoms with Gasteiger partial charge in [0.15, 0.2) is 0 Å². The van der Waals surface area contributed by atoms with Crippen molar-refractivity contribution in [2.75, 3.05) is 12.3 Å². The summed E-state index contributed by atoms with van der Waals surface area (Å²) in [7, 11) is 0. The minimum atomic E-state index is 0.185. The zero-order chi connectivity index (χ0) is 11.3. The summed E-state index contributed by atoms with van der Waals surface area (Å²) in [6, 6.07) is 7.33. The molecule has 0 spiro atoms. The van der Waals surface area contributed by atoms with E-state index in [0.29, 0.717) is 16.5 Å². The van der Waals surface area contributed by atoms with Crippen LogP contribution in [0.25, 0.3) is 0 Å². The zero-order valence-electron chi connectivity index (χ0n) is 8.60. The Balaban J connectivity index is 2.74. The lowest BCUT2D eigenvalue weighted by molar-refractivity contribution is 0.289. The molecule has 0 heterocycles. The predicted molar refractivity (Wildman–Crippen MR) is 62.6 cm³/mol. The molecule has 1 rings (SSSR count). The fourth-order valence-electron chi connectivity index (χ4n) is 1.18. The van der Waals surface area contributed by atoms with Crippen molar-refractivity contribution >= 4 is 17.4 Å². The number of nitrogens with two attached hydrogens (primary N) is 1. The molecule has 0 amide bonds. The maximum Gasteiger partial charge on any atom is 0.0992 e. The molecule has 3 nitrogen and oxygen atoms in total. The van der Waals surface area contributed by atoms with Crippen LogP contribution in [0.2, 0.25) is 0 Å². The fourth-order valence-corrected chi connectivity index (χ4v) is 2.18. The number of nitrogen functional groups attached to an aromatic ring is 1. The number of nitriles is 1. The number of rotatable bonds is 4. The molecule has 1 aromatic rings. The van der Waals surface area contributed by atoms with Crippen LogP contribution < -0.4 is 5.73 Å². The molecule has 15 heavy (non-hydrogen) atoms. The molecule has 0 saturated carbocycles. The molecule has 1 unspecified atom stereocenters. The molecule has 1 aromatic carbocycles. The molecule has 0 aromatic heterocycles. The quantitative estimate of drug-likeness (QED) is 0.604.